The molecular weight excluding hydrogens is 240 g/mol. The minimum Gasteiger partial charge on any atom is -0.464 e. The van der Waals surface area contributed by atoms with Gasteiger partial charge in [-0.3, -0.25) is 0 Å². The van der Waals surface area contributed by atoms with Crippen molar-refractivity contribution < 1.29 is 14.3 Å². The fraction of sp³-hybridized carbons (Fsp3) is 0.462. The second-order valence-electron chi connectivity index (χ2n) is 3.70. The van der Waals surface area contributed by atoms with E-state index < -0.39 is 0 Å². The monoisotopic (exact) mass is 256 g/mol. The molecule has 0 spiro atoms. The Hall–Kier alpha value is -1.06. The van der Waals surface area contributed by atoms with Crippen molar-refractivity contribution in [1.29, 1.82) is 0 Å². The Kier molecular flexibility index (Phi) is 6.67. The van der Waals surface area contributed by atoms with Crippen LogP contribution in [0.4, 0.5) is 0 Å². The molecule has 0 unspecified atom stereocenters. The summed E-state index contributed by atoms with van der Waals surface area (Å²) in [6.07, 6.45) is 1.90. The lowest BCUT2D eigenvalue weighted by atomic mass is 10.2. The van der Waals surface area contributed by atoms with Gasteiger partial charge >= 0.3 is 5.97 Å². The molecule has 0 aliphatic carbocycles. The third-order valence-corrected chi connectivity index (χ3v) is 2.37. The topological polar surface area (TPSA) is 35.5 Å². The summed E-state index contributed by atoms with van der Waals surface area (Å²) >= 11 is 5.82. The third-order valence-electron chi connectivity index (χ3n) is 2.14. The van der Waals surface area contributed by atoms with Gasteiger partial charge in [0.1, 0.15) is 6.61 Å². The molecule has 0 heterocycles. The lowest BCUT2D eigenvalue weighted by Gasteiger charge is -2.05. The third kappa shape index (κ3) is 6.29. The van der Waals surface area contributed by atoms with Gasteiger partial charge in [0.25, 0.3) is 0 Å². The van der Waals surface area contributed by atoms with Crippen LogP contribution >= 0.6 is 11.6 Å². The molecule has 0 radical (unpaired) electrons. The molecule has 0 amide bonds. The number of rotatable bonds is 7. The van der Waals surface area contributed by atoms with Crippen molar-refractivity contribution >= 4 is 17.6 Å². The van der Waals surface area contributed by atoms with E-state index in [1.54, 1.807) is 6.07 Å². The molecule has 4 heteroatoms. The Labute approximate surface area is 107 Å². The van der Waals surface area contributed by atoms with Gasteiger partial charge in [-0.05, 0) is 24.1 Å². The van der Waals surface area contributed by atoms with Gasteiger partial charge in [0.2, 0.25) is 0 Å². The molecule has 0 bridgehead atoms. The highest BCUT2D eigenvalue weighted by Gasteiger charge is 2.02. The van der Waals surface area contributed by atoms with Gasteiger partial charge in [-0.1, -0.05) is 37.1 Å². The van der Waals surface area contributed by atoms with Gasteiger partial charge in [0.15, 0.2) is 0 Å². The summed E-state index contributed by atoms with van der Waals surface area (Å²) in [6.45, 7) is 2.86. The van der Waals surface area contributed by atoms with Crippen LogP contribution in [-0.4, -0.2) is 19.2 Å². The van der Waals surface area contributed by atoms with Crippen molar-refractivity contribution in [2.24, 2.45) is 0 Å². The van der Waals surface area contributed by atoms with E-state index in [2.05, 4.69) is 0 Å². The Morgan fingerprint density at radius 2 is 2.24 bits per heavy atom. The zero-order valence-electron chi connectivity index (χ0n) is 9.95. The van der Waals surface area contributed by atoms with E-state index in [-0.39, 0.29) is 12.6 Å². The van der Waals surface area contributed by atoms with Crippen molar-refractivity contribution in [2.45, 2.75) is 26.4 Å². The first-order valence-corrected chi connectivity index (χ1v) is 6.08. The minimum absolute atomic E-state index is 0.0176. The Morgan fingerprint density at radius 3 is 2.94 bits per heavy atom. The van der Waals surface area contributed by atoms with Crippen molar-refractivity contribution in [2.75, 3.05) is 13.2 Å². The van der Waals surface area contributed by atoms with E-state index in [4.69, 9.17) is 21.1 Å². The molecule has 0 saturated carbocycles. The first kappa shape index (κ1) is 14.0. The molecule has 0 fully saturated rings. The van der Waals surface area contributed by atoms with E-state index in [9.17, 15) is 4.79 Å². The van der Waals surface area contributed by atoms with Crippen LogP contribution in [0.25, 0.3) is 0 Å². The number of benzene rings is 1. The predicted octanol–water partition coefficient (Wildman–Crippen LogP) is 3.20. The van der Waals surface area contributed by atoms with Gasteiger partial charge < -0.3 is 9.47 Å². The smallest absolute Gasteiger partial charge is 0.332 e. The number of esters is 1. The zero-order valence-corrected chi connectivity index (χ0v) is 10.7. The fourth-order valence-corrected chi connectivity index (χ4v) is 1.46. The number of hydrogen-bond acceptors (Lipinski definition) is 3. The Balaban J connectivity index is 2.17. The van der Waals surface area contributed by atoms with E-state index in [0.717, 1.165) is 18.4 Å². The summed E-state index contributed by atoms with van der Waals surface area (Å²) in [6, 6.07) is 7.35. The molecule has 17 heavy (non-hydrogen) atoms. The summed E-state index contributed by atoms with van der Waals surface area (Å²) in [4.78, 5) is 11.2. The van der Waals surface area contributed by atoms with Gasteiger partial charge in [0.05, 0.1) is 13.2 Å². The quantitative estimate of drug-likeness (QED) is 0.555. The highest BCUT2D eigenvalue weighted by atomic mass is 35.5. The fourth-order valence-electron chi connectivity index (χ4n) is 1.25. The molecule has 3 nitrogen and oxygen atoms in total. The maximum Gasteiger partial charge on any atom is 0.332 e. The number of halogens is 1. The van der Waals surface area contributed by atoms with Gasteiger partial charge in [-0.25, -0.2) is 4.79 Å². The molecule has 0 N–H and O–H groups in total. The number of carbonyl (C=O) groups excluding carboxylic acids is 1. The van der Waals surface area contributed by atoms with Crippen LogP contribution in [0.2, 0.25) is 5.02 Å². The molecule has 94 valence electrons. The molecular formula is C13H17ClO3. The maximum absolute atomic E-state index is 11.2. The van der Waals surface area contributed by atoms with Crippen molar-refractivity contribution in [1.82, 2.24) is 0 Å². The van der Waals surface area contributed by atoms with Crippen LogP contribution in [-0.2, 0) is 20.9 Å². The van der Waals surface area contributed by atoms with Crippen molar-refractivity contribution in [3.8, 4) is 0 Å². The number of carbonyl (C=O) groups is 1. The van der Waals surface area contributed by atoms with E-state index in [0.29, 0.717) is 18.2 Å². The van der Waals surface area contributed by atoms with Crippen LogP contribution in [0.5, 0.6) is 0 Å². The summed E-state index contributed by atoms with van der Waals surface area (Å²) in [5.74, 6) is -0.319. The van der Waals surface area contributed by atoms with Crippen LogP contribution < -0.4 is 0 Å². The minimum atomic E-state index is -0.319. The number of unbranched alkanes of at least 4 members (excludes halogenated alkanes) is 1. The summed E-state index contributed by atoms with van der Waals surface area (Å²) in [5, 5.41) is 0.664. The zero-order chi connectivity index (χ0) is 12.5. The van der Waals surface area contributed by atoms with Crippen LogP contribution in [0.3, 0.4) is 0 Å². The van der Waals surface area contributed by atoms with Gasteiger partial charge in [0, 0.05) is 5.02 Å². The molecule has 1 aromatic carbocycles. The van der Waals surface area contributed by atoms with E-state index >= 15 is 0 Å². The highest BCUT2D eigenvalue weighted by molar-refractivity contribution is 6.30. The van der Waals surface area contributed by atoms with Crippen LogP contribution in [0, 0.1) is 0 Å². The molecule has 1 aromatic rings. The van der Waals surface area contributed by atoms with E-state index in [1.165, 1.54) is 0 Å². The molecule has 0 aliphatic heterocycles. The average molecular weight is 257 g/mol. The van der Waals surface area contributed by atoms with Gasteiger partial charge in [-0.15, -0.1) is 0 Å². The number of hydrogen-bond donors (Lipinski definition) is 0. The lowest BCUT2D eigenvalue weighted by molar-refractivity contribution is -0.149. The first-order valence-electron chi connectivity index (χ1n) is 5.70. The Bertz CT molecular complexity index is 352. The molecule has 0 saturated heterocycles. The lowest BCUT2D eigenvalue weighted by Crippen LogP contribution is -2.13. The summed E-state index contributed by atoms with van der Waals surface area (Å²) < 4.78 is 10.2. The summed E-state index contributed by atoms with van der Waals surface area (Å²) in [5.41, 5.74) is 0.943. The highest BCUT2D eigenvalue weighted by Crippen LogP contribution is 2.11. The second kappa shape index (κ2) is 8.09. The number of ether oxygens (including phenoxy) is 2. The molecule has 0 atom stereocenters. The van der Waals surface area contributed by atoms with Crippen LogP contribution in [0.15, 0.2) is 24.3 Å². The standard InChI is InChI=1S/C13H17ClO3/c1-2-3-7-17-13(15)10-16-9-11-5-4-6-12(14)8-11/h4-6,8H,2-3,7,9-10H2,1H3. The van der Waals surface area contributed by atoms with Crippen molar-refractivity contribution in [3.05, 3.63) is 34.9 Å². The van der Waals surface area contributed by atoms with E-state index in [1.807, 2.05) is 25.1 Å². The normalized spacial score (nSPS) is 10.2. The largest absolute Gasteiger partial charge is 0.464 e. The SMILES string of the molecule is CCCCOC(=O)COCc1cccc(Cl)c1. The molecule has 1 rings (SSSR count). The summed E-state index contributed by atoms with van der Waals surface area (Å²) in [7, 11) is 0. The second-order valence-corrected chi connectivity index (χ2v) is 4.13. The average Bonchev–Trinajstić information content (AvgIpc) is 2.29. The predicted molar refractivity (Wildman–Crippen MR) is 67.0 cm³/mol. The Morgan fingerprint density at radius 1 is 1.41 bits per heavy atom. The van der Waals surface area contributed by atoms with Crippen molar-refractivity contribution in [3.63, 3.8) is 0 Å². The maximum atomic E-state index is 11.2. The first-order chi connectivity index (χ1) is 8.22. The molecule has 0 aromatic heterocycles. The van der Waals surface area contributed by atoms with Crippen LogP contribution in [0.1, 0.15) is 25.3 Å². The molecule has 0 aliphatic rings. The van der Waals surface area contributed by atoms with Gasteiger partial charge in [-0.2, -0.15) is 0 Å².